The standard InChI is InChI=1S/C18H23FN6O5S.C2HF3O2/c1-10-6-7-14(24-31(28,29)9-12-4-3-5-13(19)8-12)17(27)25(10)15(16(20)26)11(2)30-23-18(21)22;3-2(4,5)1(6)7/h3-8,11,15,24H,9H2,1-2H3,(H2,20,26)(H4,21,22,23);(H,6,7). The maximum atomic E-state index is 13.3. The fourth-order valence-corrected chi connectivity index (χ4v) is 4.07. The number of carbonyl (C=O) groups is 2. The van der Waals surface area contributed by atoms with Gasteiger partial charge in [0.15, 0.2) is 12.1 Å². The summed E-state index contributed by atoms with van der Waals surface area (Å²) in [6.07, 6.45) is -6.14. The monoisotopic (exact) mass is 568 g/mol. The fraction of sp³-hybridized carbons (Fsp3) is 0.300. The summed E-state index contributed by atoms with van der Waals surface area (Å²) in [4.78, 5) is 39.0. The van der Waals surface area contributed by atoms with Crippen LogP contribution in [-0.2, 0) is 30.2 Å². The molecule has 0 spiro atoms. The first kappa shape index (κ1) is 31.7. The largest absolute Gasteiger partial charge is 0.490 e. The number of rotatable bonds is 9. The van der Waals surface area contributed by atoms with Crippen molar-refractivity contribution in [3.63, 3.8) is 0 Å². The molecular formula is C20H24F4N6O7S. The Hall–Kier alpha value is -4.35. The van der Waals surface area contributed by atoms with Crippen LogP contribution in [0.3, 0.4) is 0 Å². The van der Waals surface area contributed by atoms with E-state index in [1.165, 1.54) is 44.2 Å². The van der Waals surface area contributed by atoms with Gasteiger partial charge >= 0.3 is 12.1 Å². The Labute approximate surface area is 212 Å². The molecule has 0 aliphatic rings. The first-order valence-electron chi connectivity index (χ1n) is 10.2. The highest BCUT2D eigenvalue weighted by Gasteiger charge is 2.38. The molecule has 210 valence electrons. The second-order valence-electron chi connectivity index (χ2n) is 7.53. The van der Waals surface area contributed by atoms with Crippen LogP contribution in [-0.4, -0.2) is 48.2 Å². The lowest BCUT2D eigenvalue weighted by Crippen LogP contribution is -2.42. The second kappa shape index (κ2) is 12.7. The summed E-state index contributed by atoms with van der Waals surface area (Å²) >= 11 is 0. The minimum absolute atomic E-state index is 0.189. The van der Waals surface area contributed by atoms with Crippen LogP contribution >= 0.6 is 0 Å². The number of primary amides is 1. The molecule has 2 aromatic rings. The molecule has 0 aliphatic heterocycles. The van der Waals surface area contributed by atoms with Gasteiger partial charge in [0.25, 0.3) is 5.56 Å². The Morgan fingerprint density at radius 2 is 1.76 bits per heavy atom. The first-order chi connectivity index (χ1) is 17.4. The number of alkyl halides is 3. The van der Waals surface area contributed by atoms with Gasteiger partial charge in [0.1, 0.15) is 11.5 Å². The van der Waals surface area contributed by atoms with Crippen LogP contribution in [0.2, 0.25) is 0 Å². The lowest BCUT2D eigenvalue weighted by Gasteiger charge is -2.24. The van der Waals surface area contributed by atoms with E-state index < -0.39 is 63.3 Å². The normalized spacial score (nSPS) is 12.8. The quantitative estimate of drug-likeness (QED) is 0.123. The topological polar surface area (TPSA) is 222 Å². The molecule has 0 radical (unpaired) electrons. The predicted molar refractivity (Wildman–Crippen MR) is 126 cm³/mol. The number of hydrogen-bond acceptors (Lipinski definition) is 7. The Morgan fingerprint density at radius 3 is 2.24 bits per heavy atom. The van der Waals surface area contributed by atoms with Gasteiger partial charge in [-0.15, -0.1) is 0 Å². The van der Waals surface area contributed by atoms with E-state index in [1.807, 2.05) is 0 Å². The van der Waals surface area contributed by atoms with Crippen molar-refractivity contribution in [3.8, 4) is 0 Å². The van der Waals surface area contributed by atoms with Crippen LogP contribution in [0.4, 0.5) is 23.2 Å². The lowest BCUT2D eigenvalue weighted by atomic mass is 10.1. The van der Waals surface area contributed by atoms with E-state index in [9.17, 15) is 35.6 Å². The maximum Gasteiger partial charge on any atom is 0.490 e. The molecule has 2 rings (SSSR count). The van der Waals surface area contributed by atoms with Crippen LogP contribution in [0.25, 0.3) is 0 Å². The minimum atomic E-state index is -5.08. The van der Waals surface area contributed by atoms with Crippen molar-refractivity contribution in [1.82, 2.24) is 4.57 Å². The number of carboxylic acid groups (broad SMARTS) is 1. The molecule has 2 atom stereocenters. The lowest BCUT2D eigenvalue weighted by molar-refractivity contribution is -0.192. The Morgan fingerprint density at radius 1 is 1.18 bits per heavy atom. The molecule has 0 fully saturated rings. The maximum absolute atomic E-state index is 13.3. The SMILES string of the molecule is Cc1ccc(NS(=O)(=O)Cc2cccc(F)c2)c(=O)n1C(C(N)=O)C(C)ON=C(N)N.O=C(O)C(F)(F)F. The van der Waals surface area contributed by atoms with Crippen LogP contribution < -0.4 is 27.5 Å². The zero-order valence-electron chi connectivity index (χ0n) is 19.8. The predicted octanol–water partition coefficient (Wildman–Crippen LogP) is 0.491. The number of sulfonamides is 1. The van der Waals surface area contributed by atoms with Crippen LogP contribution in [0.5, 0.6) is 0 Å². The average Bonchev–Trinajstić information content (AvgIpc) is 2.76. The van der Waals surface area contributed by atoms with Crippen molar-refractivity contribution in [2.24, 2.45) is 22.4 Å². The van der Waals surface area contributed by atoms with Gasteiger partial charge < -0.3 is 27.1 Å². The van der Waals surface area contributed by atoms with Gasteiger partial charge in [-0.3, -0.25) is 18.9 Å². The van der Waals surface area contributed by atoms with E-state index in [1.54, 1.807) is 0 Å². The van der Waals surface area contributed by atoms with E-state index in [0.29, 0.717) is 5.69 Å². The summed E-state index contributed by atoms with van der Waals surface area (Å²) in [5.41, 5.74) is 15.2. The molecule has 0 bridgehead atoms. The number of carbonyl (C=O) groups excluding carboxylic acids is 1. The molecule has 0 saturated carbocycles. The molecule has 0 aliphatic carbocycles. The summed E-state index contributed by atoms with van der Waals surface area (Å²) in [5.74, 6) is -5.25. The van der Waals surface area contributed by atoms with E-state index >= 15 is 0 Å². The van der Waals surface area contributed by atoms with E-state index in [-0.39, 0.29) is 11.3 Å². The number of nitrogens with zero attached hydrogens (tertiary/aromatic N) is 2. The number of aliphatic carboxylic acids is 1. The molecule has 2 unspecified atom stereocenters. The van der Waals surface area contributed by atoms with Gasteiger partial charge in [0.05, 0.1) is 5.75 Å². The number of guanidine groups is 1. The number of pyridine rings is 1. The number of carboxylic acids is 1. The first-order valence-corrected chi connectivity index (χ1v) is 11.8. The van der Waals surface area contributed by atoms with Gasteiger partial charge in [0.2, 0.25) is 21.9 Å². The van der Waals surface area contributed by atoms with Crippen LogP contribution in [0.15, 0.2) is 46.3 Å². The molecule has 18 heteroatoms. The molecule has 8 N–H and O–H groups in total. The summed E-state index contributed by atoms with van der Waals surface area (Å²) in [7, 11) is -4.08. The number of benzene rings is 1. The third-order valence-electron chi connectivity index (χ3n) is 4.41. The van der Waals surface area contributed by atoms with E-state index in [4.69, 9.17) is 31.9 Å². The number of nitrogens with two attached hydrogens (primary N) is 3. The summed E-state index contributed by atoms with van der Waals surface area (Å²) < 4.78 is 73.2. The van der Waals surface area contributed by atoms with Crippen molar-refractivity contribution in [3.05, 3.63) is 63.8 Å². The van der Waals surface area contributed by atoms with Crippen molar-refractivity contribution in [1.29, 1.82) is 0 Å². The average molecular weight is 569 g/mol. The minimum Gasteiger partial charge on any atom is -0.475 e. The van der Waals surface area contributed by atoms with Gasteiger partial charge in [-0.25, -0.2) is 17.6 Å². The number of nitrogens with one attached hydrogen (secondary N) is 1. The highest BCUT2D eigenvalue weighted by Crippen LogP contribution is 2.18. The van der Waals surface area contributed by atoms with Crippen LogP contribution in [0, 0.1) is 12.7 Å². The van der Waals surface area contributed by atoms with Crippen LogP contribution in [0.1, 0.15) is 24.2 Å². The molecular weight excluding hydrogens is 544 g/mol. The van der Waals surface area contributed by atoms with E-state index in [0.717, 1.165) is 10.6 Å². The van der Waals surface area contributed by atoms with Crippen molar-refractivity contribution >= 4 is 33.5 Å². The summed E-state index contributed by atoms with van der Waals surface area (Å²) in [5, 5.41) is 10.5. The Bertz CT molecular complexity index is 1360. The number of anilines is 1. The number of aryl methyl sites for hydroxylation is 1. The van der Waals surface area contributed by atoms with Gasteiger partial charge in [-0.1, -0.05) is 12.1 Å². The van der Waals surface area contributed by atoms with Crippen molar-refractivity contribution < 1.29 is 45.5 Å². The zero-order chi connectivity index (χ0) is 29.4. The number of amides is 1. The highest BCUT2D eigenvalue weighted by atomic mass is 32.2. The molecule has 1 aromatic carbocycles. The molecule has 13 nitrogen and oxygen atoms in total. The van der Waals surface area contributed by atoms with Crippen molar-refractivity contribution in [2.45, 2.75) is 37.9 Å². The zero-order valence-corrected chi connectivity index (χ0v) is 20.6. The molecule has 1 amide bonds. The van der Waals surface area contributed by atoms with E-state index in [2.05, 4.69) is 9.88 Å². The number of halogens is 4. The van der Waals surface area contributed by atoms with Crippen molar-refractivity contribution in [2.75, 3.05) is 4.72 Å². The second-order valence-corrected chi connectivity index (χ2v) is 9.25. The third kappa shape index (κ3) is 9.60. The fourth-order valence-electron chi connectivity index (χ4n) is 2.89. The highest BCUT2D eigenvalue weighted by molar-refractivity contribution is 7.91. The Balaban J connectivity index is 0.000000905. The molecule has 1 heterocycles. The summed E-state index contributed by atoms with van der Waals surface area (Å²) in [6.45, 7) is 2.93. The van der Waals surface area contributed by atoms with Gasteiger partial charge in [0, 0.05) is 5.69 Å². The van der Waals surface area contributed by atoms with Gasteiger partial charge in [-0.05, 0) is 48.8 Å². The summed E-state index contributed by atoms with van der Waals surface area (Å²) in [6, 6.07) is 6.37. The smallest absolute Gasteiger partial charge is 0.475 e. The Kier molecular flexibility index (Phi) is 10.6. The number of hydrogen-bond donors (Lipinski definition) is 5. The molecule has 1 aromatic heterocycles. The molecule has 38 heavy (non-hydrogen) atoms. The third-order valence-corrected chi connectivity index (χ3v) is 5.66. The number of oxime groups is 1. The molecule has 0 saturated heterocycles. The van der Waals surface area contributed by atoms with Gasteiger partial charge in [-0.2, -0.15) is 13.2 Å². The number of aromatic nitrogens is 1.